The number of nitrogens with two attached hydrogens (primary N) is 1. The van der Waals surface area contributed by atoms with Crippen molar-refractivity contribution < 1.29 is 19.1 Å². The number of amides is 2. The Morgan fingerprint density at radius 1 is 1.28 bits per heavy atom. The maximum Gasteiger partial charge on any atom is 0.255 e. The lowest BCUT2D eigenvalue weighted by Crippen LogP contribution is -2.43. The summed E-state index contributed by atoms with van der Waals surface area (Å²) in [6.07, 6.45) is 2.53. The maximum absolute atomic E-state index is 14.5. The summed E-state index contributed by atoms with van der Waals surface area (Å²) in [6.45, 7) is 0.340. The molecule has 1 aromatic heterocycles. The molecule has 154 valence electrons. The highest BCUT2D eigenvalue weighted by atomic mass is 19.1. The molecule has 2 aromatic rings. The quantitative estimate of drug-likeness (QED) is 0.622. The molecule has 0 spiro atoms. The number of carbonyl (C=O) groups excluding carboxylic acids is 2. The van der Waals surface area contributed by atoms with Gasteiger partial charge in [-0.2, -0.15) is 0 Å². The van der Waals surface area contributed by atoms with Crippen molar-refractivity contribution in [3.05, 3.63) is 58.8 Å². The molecule has 1 aliphatic rings. The van der Waals surface area contributed by atoms with Gasteiger partial charge >= 0.3 is 0 Å². The molecule has 1 saturated heterocycles. The summed E-state index contributed by atoms with van der Waals surface area (Å²) in [5.41, 5.74) is 5.44. The smallest absolute Gasteiger partial charge is 0.255 e. The molecular formula is C20H23FN4O4. The average molecular weight is 402 g/mol. The summed E-state index contributed by atoms with van der Waals surface area (Å²) < 4.78 is 15.8. The van der Waals surface area contributed by atoms with Crippen LogP contribution in [0, 0.1) is 11.7 Å². The van der Waals surface area contributed by atoms with E-state index in [2.05, 4.69) is 5.32 Å². The number of nitrogens with one attached hydrogen (secondary N) is 1. The summed E-state index contributed by atoms with van der Waals surface area (Å²) >= 11 is 0. The fourth-order valence-corrected chi connectivity index (χ4v) is 3.63. The minimum atomic E-state index is -0.683. The number of pyridine rings is 1. The number of hydrogen-bond donors (Lipinski definition) is 3. The zero-order valence-corrected chi connectivity index (χ0v) is 15.8. The molecule has 0 aliphatic carbocycles. The Labute approximate surface area is 166 Å². The van der Waals surface area contributed by atoms with Gasteiger partial charge in [0.2, 0.25) is 11.8 Å². The van der Waals surface area contributed by atoms with Gasteiger partial charge in [0.1, 0.15) is 5.82 Å². The fourth-order valence-electron chi connectivity index (χ4n) is 3.63. The number of rotatable bonds is 7. The topological polar surface area (TPSA) is 118 Å². The Hall–Kier alpha value is -3.04. The van der Waals surface area contributed by atoms with E-state index in [1.165, 1.54) is 29.0 Å². The van der Waals surface area contributed by atoms with E-state index in [4.69, 9.17) is 10.8 Å². The summed E-state index contributed by atoms with van der Waals surface area (Å²) in [5.74, 6) is -1.62. The molecule has 1 aromatic carbocycles. The molecule has 2 atom stereocenters. The Morgan fingerprint density at radius 2 is 2.07 bits per heavy atom. The first-order valence-electron chi connectivity index (χ1n) is 9.30. The number of halogens is 1. The highest BCUT2D eigenvalue weighted by molar-refractivity contribution is 5.93. The lowest BCUT2D eigenvalue weighted by molar-refractivity contribution is -0.123. The molecule has 8 nitrogen and oxygen atoms in total. The van der Waals surface area contributed by atoms with E-state index in [0.717, 1.165) is 6.07 Å². The highest BCUT2D eigenvalue weighted by Gasteiger charge is 2.36. The van der Waals surface area contributed by atoms with Crippen LogP contribution in [0.5, 0.6) is 0 Å². The van der Waals surface area contributed by atoms with Gasteiger partial charge in [-0.25, -0.2) is 4.39 Å². The van der Waals surface area contributed by atoms with Crippen molar-refractivity contribution >= 4 is 17.5 Å². The first-order valence-corrected chi connectivity index (χ1v) is 9.30. The number of primary amides is 1. The summed E-state index contributed by atoms with van der Waals surface area (Å²) in [4.78, 5) is 37.5. The molecule has 0 saturated carbocycles. The van der Waals surface area contributed by atoms with Crippen molar-refractivity contribution in [1.82, 2.24) is 9.47 Å². The van der Waals surface area contributed by atoms with Crippen molar-refractivity contribution in [2.75, 3.05) is 25.0 Å². The van der Waals surface area contributed by atoms with Crippen LogP contribution in [-0.4, -0.2) is 52.1 Å². The molecule has 3 rings (SSSR count). The van der Waals surface area contributed by atoms with Crippen molar-refractivity contribution in [2.24, 2.45) is 11.7 Å². The number of benzene rings is 1. The second-order valence-corrected chi connectivity index (χ2v) is 7.08. The second kappa shape index (κ2) is 8.97. The van der Waals surface area contributed by atoms with Crippen LogP contribution < -0.4 is 16.6 Å². The lowest BCUT2D eigenvalue weighted by Gasteiger charge is -2.21. The number of nitrogens with zero attached hydrogens (tertiary/aromatic N) is 2. The normalized spacial score (nSPS) is 19.2. The molecule has 4 N–H and O–H groups in total. The first kappa shape index (κ1) is 20.7. The molecular weight excluding hydrogens is 379 g/mol. The van der Waals surface area contributed by atoms with E-state index >= 15 is 0 Å². The molecule has 29 heavy (non-hydrogen) atoms. The average Bonchev–Trinajstić information content (AvgIpc) is 3.06. The standard InChI is InChI=1S/C20H23FN4O4/c21-15-10-14(25-7-2-1-3-19(25)28)4-5-16(15)23-18(27)12-24-11-13(6-8-26)9-17(24)20(22)29/h1-5,7,10,13,17,26H,6,8-9,11-12H2,(H2,22,29)(H,23,27). The Morgan fingerprint density at radius 3 is 2.72 bits per heavy atom. The second-order valence-electron chi connectivity index (χ2n) is 7.08. The third-order valence-corrected chi connectivity index (χ3v) is 5.03. The SMILES string of the molecule is NC(=O)C1CC(CCO)CN1CC(=O)Nc1ccc(-n2ccccc2=O)cc1F. The van der Waals surface area contributed by atoms with Gasteiger partial charge in [-0.05, 0) is 37.0 Å². The van der Waals surface area contributed by atoms with Crippen LogP contribution in [0.1, 0.15) is 12.8 Å². The molecule has 2 amide bonds. The predicted molar refractivity (Wildman–Crippen MR) is 105 cm³/mol. The Balaban J connectivity index is 1.68. The maximum atomic E-state index is 14.5. The third kappa shape index (κ3) is 4.87. The molecule has 2 heterocycles. The minimum absolute atomic E-state index is 0.00174. The van der Waals surface area contributed by atoms with Crippen LogP contribution in [-0.2, 0) is 9.59 Å². The van der Waals surface area contributed by atoms with Crippen molar-refractivity contribution in [3.63, 3.8) is 0 Å². The molecule has 9 heteroatoms. The van der Waals surface area contributed by atoms with Crippen LogP contribution in [0.15, 0.2) is 47.4 Å². The highest BCUT2D eigenvalue weighted by Crippen LogP contribution is 2.25. The number of hydrogen-bond acceptors (Lipinski definition) is 5. The van der Waals surface area contributed by atoms with E-state index in [9.17, 15) is 18.8 Å². The largest absolute Gasteiger partial charge is 0.396 e. The summed E-state index contributed by atoms with van der Waals surface area (Å²) in [7, 11) is 0. The molecule has 1 fully saturated rings. The van der Waals surface area contributed by atoms with Crippen LogP contribution >= 0.6 is 0 Å². The van der Waals surface area contributed by atoms with Crippen molar-refractivity contribution in [2.45, 2.75) is 18.9 Å². The van der Waals surface area contributed by atoms with Gasteiger partial charge in [0.25, 0.3) is 5.56 Å². The molecule has 0 radical (unpaired) electrons. The lowest BCUT2D eigenvalue weighted by atomic mass is 10.0. The van der Waals surface area contributed by atoms with Gasteiger partial charge in [-0.1, -0.05) is 6.07 Å². The predicted octanol–water partition coefficient (Wildman–Crippen LogP) is 0.473. The number of aromatic nitrogens is 1. The zero-order chi connectivity index (χ0) is 21.0. The van der Waals surface area contributed by atoms with Crippen LogP contribution in [0.3, 0.4) is 0 Å². The fraction of sp³-hybridized carbons (Fsp3) is 0.350. The molecule has 0 bridgehead atoms. The molecule has 2 unspecified atom stereocenters. The number of carbonyl (C=O) groups is 2. The van der Waals surface area contributed by atoms with Crippen LogP contribution in [0.25, 0.3) is 5.69 Å². The van der Waals surface area contributed by atoms with Crippen LogP contribution in [0.2, 0.25) is 0 Å². The Bertz CT molecular complexity index is 961. The van der Waals surface area contributed by atoms with Gasteiger partial charge in [0.15, 0.2) is 0 Å². The van der Waals surface area contributed by atoms with E-state index in [-0.39, 0.29) is 30.3 Å². The Kier molecular flexibility index (Phi) is 6.40. The van der Waals surface area contributed by atoms with E-state index in [1.54, 1.807) is 17.0 Å². The van der Waals surface area contributed by atoms with Gasteiger partial charge < -0.3 is 16.2 Å². The van der Waals surface area contributed by atoms with E-state index in [0.29, 0.717) is 25.1 Å². The van der Waals surface area contributed by atoms with Crippen molar-refractivity contribution in [1.29, 1.82) is 0 Å². The number of aliphatic hydroxyl groups is 1. The number of likely N-dealkylation sites (tertiary alicyclic amines) is 1. The number of anilines is 1. The first-order chi connectivity index (χ1) is 13.9. The zero-order valence-electron chi connectivity index (χ0n) is 15.8. The van der Waals surface area contributed by atoms with E-state index < -0.39 is 23.7 Å². The molecule has 1 aliphatic heterocycles. The summed E-state index contributed by atoms with van der Waals surface area (Å²) in [5, 5.41) is 11.6. The van der Waals surface area contributed by atoms with E-state index in [1.807, 2.05) is 0 Å². The number of aliphatic hydroxyl groups excluding tert-OH is 1. The van der Waals surface area contributed by atoms with Gasteiger partial charge in [-0.3, -0.25) is 23.9 Å². The minimum Gasteiger partial charge on any atom is -0.396 e. The van der Waals surface area contributed by atoms with Gasteiger partial charge in [-0.15, -0.1) is 0 Å². The third-order valence-electron chi connectivity index (χ3n) is 5.03. The van der Waals surface area contributed by atoms with Crippen LogP contribution in [0.4, 0.5) is 10.1 Å². The summed E-state index contributed by atoms with van der Waals surface area (Å²) in [6, 6.07) is 8.09. The van der Waals surface area contributed by atoms with Crippen molar-refractivity contribution in [3.8, 4) is 5.69 Å². The van der Waals surface area contributed by atoms with Gasteiger partial charge in [0, 0.05) is 31.5 Å². The monoisotopic (exact) mass is 402 g/mol. The van der Waals surface area contributed by atoms with Gasteiger partial charge in [0.05, 0.1) is 24.0 Å².